The van der Waals surface area contributed by atoms with Crippen molar-refractivity contribution in [3.05, 3.63) is 65.1 Å². The van der Waals surface area contributed by atoms with Gasteiger partial charge in [-0.1, -0.05) is 11.6 Å². The Balaban J connectivity index is 1.67. The topological polar surface area (TPSA) is 67.6 Å². The second-order valence-corrected chi connectivity index (χ2v) is 7.62. The zero-order chi connectivity index (χ0) is 20.4. The molecule has 0 saturated heterocycles. The van der Waals surface area contributed by atoms with Crippen molar-refractivity contribution >= 4 is 16.9 Å². The number of hydrogen-bond donors (Lipinski definition) is 1. The lowest BCUT2D eigenvalue weighted by atomic mass is 10.0. The third-order valence-electron chi connectivity index (χ3n) is 5.59. The number of carbonyl (C=O) groups is 1. The van der Waals surface area contributed by atoms with Crippen molar-refractivity contribution in [2.75, 3.05) is 19.7 Å². The van der Waals surface area contributed by atoms with Crippen LogP contribution in [0.4, 0.5) is 0 Å². The Morgan fingerprint density at radius 2 is 2.07 bits per heavy atom. The minimum Gasteiger partial charge on any atom is -0.465 e. The summed E-state index contributed by atoms with van der Waals surface area (Å²) in [5.74, 6) is -0.177. The van der Waals surface area contributed by atoms with Gasteiger partial charge in [-0.05, 0) is 49.2 Å². The average molecular weight is 393 g/mol. The van der Waals surface area contributed by atoms with Gasteiger partial charge in [-0.2, -0.15) is 0 Å². The van der Waals surface area contributed by atoms with Gasteiger partial charge in [0.15, 0.2) is 0 Å². The molecule has 1 aromatic carbocycles. The van der Waals surface area contributed by atoms with Crippen LogP contribution in [0.5, 0.6) is 0 Å². The molecular formula is C23H27N3O3. The maximum atomic E-state index is 11.9. The van der Waals surface area contributed by atoms with Crippen LogP contribution in [-0.2, 0) is 29.0 Å². The Kier molecular flexibility index (Phi) is 5.65. The fourth-order valence-electron chi connectivity index (χ4n) is 4.22. The quantitative estimate of drug-likeness (QED) is 0.652. The third-order valence-corrected chi connectivity index (χ3v) is 5.59. The fourth-order valence-corrected chi connectivity index (χ4v) is 4.22. The molecule has 4 rings (SSSR count). The molecule has 29 heavy (non-hydrogen) atoms. The number of ether oxygens (including phenoxy) is 1. The predicted molar refractivity (Wildman–Crippen MR) is 111 cm³/mol. The van der Waals surface area contributed by atoms with E-state index in [-0.39, 0.29) is 5.97 Å². The minimum absolute atomic E-state index is 0.177. The van der Waals surface area contributed by atoms with Crippen LogP contribution in [0.15, 0.2) is 42.7 Å². The molecular weight excluding hydrogens is 366 g/mol. The van der Waals surface area contributed by atoms with E-state index in [1.54, 1.807) is 12.4 Å². The normalized spacial score (nSPS) is 15.3. The number of aromatic nitrogens is 2. The number of benzene rings is 1. The molecule has 0 spiro atoms. The molecule has 6 nitrogen and oxygen atoms in total. The number of esters is 1. The van der Waals surface area contributed by atoms with E-state index in [2.05, 4.69) is 39.6 Å². The second-order valence-electron chi connectivity index (χ2n) is 7.62. The van der Waals surface area contributed by atoms with Crippen LogP contribution >= 0.6 is 0 Å². The van der Waals surface area contributed by atoms with E-state index in [4.69, 9.17) is 4.74 Å². The average Bonchev–Trinajstić information content (AvgIpc) is 3.01. The van der Waals surface area contributed by atoms with Gasteiger partial charge in [0.1, 0.15) is 0 Å². The van der Waals surface area contributed by atoms with Crippen molar-refractivity contribution < 1.29 is 14.6 Å². The van der Waals surface area contributed by atoms with E-state index in [1.165, 1.54) is 22.2 Å². The summed E-state index contributed by atoms with van der Waals surface area (Å²) < 4.78 is 7.37. The smallest absolute Gasteiger partial charge is 0.320 e. The maximum Gasteiger partial charge on any atom is 0.320 e. The number of aliphatic hydroxyl groups excluding tert-OH is 1. The first-order valence-electron chi connectivity index (χ1n) is 10.1. The van der Waals surface area contributed by atoms with E-state index in [9.17, 15) is 9.90 Å². The summed E-state index contributed by atoms with van der Waals surface area (Å²) in [6, 6.07) is 10.2. The monoisotopic (exact) mass is 393 g/mol. The van der Waals surface area contributed by atoms with Crippen molar-refractivity contribution in [3.63, 3.8) is 0 Å². The van der Waals surface area contributed by atoms with Gasteiger partial charge < -0.3 is 14.4 Å². The molecule has 1 atom stereocenters. The van der Waals surface area contributed by atoms with Gasteiger partial charge in [0, 0.05) is 48.5 Å². The Hall–Kier alpha value is -2.70. The van der Waals surface area contributed by atoms with Crippen LogP contribution in [0.2, 0.25) is 0 Å². The fraction of sp³-hybridized carbons (Fsp3) is 0.391. The van der Waals surface area contributed by atoms with Crippen LogP contribution in [0.3, 0.4) is 0 Å². The predicted octanol–water partition coefficient (Wildman–Crippen LogP) is 3.00. The molecule has 6 heteroatoms. The highest BCUT2D eigenvalue weighted by Gasteiger charge is 2.26. The van der Waals surface area contributed by atoms with Crippen molar-refractivity contribution in [3.8, 4) is 0 Å². The van der Waals surface area contributed by atoms with Gasteiger partial charge in [-0.25, -0.2) is 0 Å². The molecule has 1 unspecified atom stereocenters. The SMILES string of the molecule is CCOC(=O)CN1CCc2c(c3cc(C)ccc3n2CC(O)c2ccncc2)C1. The summed E-state index contributed by atoms with van der Waals surface area (Å²) in [6.45, 7) is 6.65. The first kappa shape index (κ1) is 19.6. The number of fused-ring (bicyclic) bond motifs is 3. The Bertz CT molecular complexity index is 1010. The Morgan fingerprint density at radius 3 is 2.83 bits per heavy atom. The summed E-state index contributed by atoms with van der Waals surface area (Å²) in [4.78, 5) is 18.1. The number of hydrogen-bond acceptors (Lipinski definition) is 5. The van der Waals surface area contributed by atoms with Crippen molar-refractivity contribution in [2.45, 2.75) is 39.5 Å². The second kappa shape index (κ2) is 8.35. The summed E-state index contributed by atoms with van der Waals surface area (Å²) in [7, 11) is 0. The van der Waals surface area contributed by atoms with Gasteiger partial charge in [0.25, 0.3) is 0 Å². The highest BCUT2D eigenvalue weighted by atomic mass is 16.5. The Labute approximate surface area is 170 Å². The molecule has 3 heterocycles. The van der Waals surface area contributed by atoms with Crippen LogP contribution < -0.4 is 0 Å². The molecule has 152 valence electrons. The van der Waals surface area contributed by atoms with Gasteiger partial charge in [-0.3, -0.25) is 14.7 Å². The maximum absolute atomic E-state index is 11.9. The zero-order valence-electron chi connectivity index (χ0n) is 17.0. The number of aryl methyl sites for hydroxylation is 1. The number of aliphatic hydroxyl groups is 1. The molecule has 0 fully saturated rings. The molecule has 3 aromatic rings. The lowest BCUT2D eigenvalue weighted by Crippen LogP contribution is -2.36. The van der Waals surface area contributed by atoms with Crippen LogP contribution in [0.1, 0.15) is 35.4 Å². The third kappa shape index (κ3) is 4.04. The van der Waals surface area contributed by atoms with Crippen molar-refractivity contribution in [1.82, 2.24) is 14.5 Å². The van der Waals surface area contributed by atoms with Gasteiger partial charge in [0.2, 0.25) is 0 Å². The largest absolute Gasteiger partial charge is 0.465 e. The van der Waals surface area contributed by atoms with Crippen molar-refractivity contribution in [1.29, 1.82) is 0 Å². The number of nitrogens with zero attached hydrogens (tertiary/aromatic N) is 3. The van der Waals surface area contributed by atoms with Crippen LogP contribution in [0, 0.1) is 6.92 Å². The van der Waals surface area contributed by atoms with Gasteiger partial charge >= 0.3 is 5.97 Å². The first-order valence-corrected chi connectivity index (χ1v) is 10.1. The summed E-state index contributed by atoms with van der Waals surface area (Å²) in [5.41, 5.74) is 5.70. The summed E-state index contributed by atoms with van der Waals surface area (Å²) >= 11 is 0. The van der Waals surface area contributed by atoms with Gasteiger partial charge in [0.05, 0.1) is 25.8 Å². The molecule has 0 bridgehead atoms. The number of carbonyl (C=O) groups excluding carboxylic acids is 1. The van der Waals surface area contributed by atoms with E-state index in [1.807, 2.05) is 19.1 Å². The Morgan fingerprint density at radius 1 is 1.28 bits per heavy atom. The molecule has 1 N–H and O–H groups in total. The molecule has 1 aliphatic rings. The zero-order valence-corrected chi connectivity index (χ0v) is 17.0. The number of pyridine rings is 1. The molecule has 2 aromatic heterocycles. The molecule has 0 amide bonds. The van der Waals surface area contributed by atoms with Crippen LogP contribution in [0.25, 0.3) is 10.9 Å². The molecule has 1 aliphatic heterocycles. The lowest BCUT2D eigenvalue weighted by molar-refractivity contribution is -0.144. The van der Waals surface area contributed by atoms with E-state index in [0.717, 1.165) is 24.0 Å². The van der Waals surface area contributed by atoms with Crippen molar-refractivity contribution in [2.24, 2.45) is 0 Å². The summed E-state index contributed by atoms with van der Waals surface area (Å²) in [5, 5.41) is 12.0. The van der Waals surface area contributed by atoms with E-state index >= 15 is 0 Å². The lowest BCUT2D eigenvalue weighted by Gasteiger charge is -2.27. The standard InChI is InChI=1S/C23H27N3O3/c1-3-29-23(28)15-25-11-8-21-19(13-25)18-12-16(2)4-5-20(18)26(21)14-22(27)17-6-9-24-10-7-17/h4-7,9-10,12,22,27H,3,8,11,13-15H2,1-2H3. The highest BCUT2D eigenvalue weighted by molar-refractivity contribution is 5.86. The van der Waals surface area contributed by atoms with Crippen LogP contribution in [-0.4, -0.2) is 45.2 Å². The van der Waals surface area contributed by atoms with Gasteiger partial charge in [-0.15, -0.1) is 0 Å². The highest BCUT2D eigenvalue weighted by Crippen LogP contribution is 2.33. The number of rotatable bonds is 6. The van der Waals surface area contributed by atoms with E-state index in [0.29, 0.717) is 26.2 Å². The minimum atomic E-state index is -0.600. The first-order chi connectivity index (χ1) is 14.1. The summed E-state index contributed by atoms with van der Waals surface area (Å²) in [6.07, 6.45) is 3.65. The molecule has 0 aliphatic carbocycles. The molecule has 0 saturated carbocycles. The molecule has 0 radical (unpaired) electrons. The van der Waals surface area contributed by atoms with E-state index < -0.39 is 6.10 Å².